The van der Waals surface area contributed by atoms with Crippen LogP contribution in [0.15, 0.2) is 64.3 Å². The number of aryl methyl sites for hydroxylation is 3. The Balaban J connectivity index is 1.76. The number of benzene rings is 2. The summed E-state index contributed by atoms with van der Waals surface area (Å²) in [6.45, 7) is 6.16. The van der Waals surface area contributed by atoms with Crippen molar-refractivity contribution in [1.82, 2.24) is 19.9 Å². The van der Waals surface area contributed by atoms with Crippen LogP contribution in [0.2, 0.25) is 0 Å². The summed E-state index contributed by atoms with van der Waals surface area (Å²) in [5, 5.41) is 13.7. The molecule has 136 valence electrons. The zero-order chi connectivity index (χ0) is 18.8. The summed E-state index contributed by atoms with van der Waals surface area (Å²) in [5.41, 5.74) is 5.47. The maximum atomic E-state index is 5.33. The molecule has 0 bridgehead atoms. The van der Waals surface area contributed by atoms with Gasteiger partial charge < -0.3 is 4.52 Å². The third-order valence-electron chi connectivity index (χ3n) is 4.43. The predicted octanol–water partition coefficient (Wildman–Crippen LogP) is 5.14. The standard InChI is InChI=1S/C21H20N4OS/c1-14-9-10-18(11-15(14)2)25-20(17-7-5-4-6-8-17)22-23-21(25)27-13-19-12-16(3)24-26-19/h4-12H,13H2,1-3H3. The van der Waals surface area contributed by atoms with E-state index in [9.17, 15) is 0 Å². The summed E-state index contributed by atoms with van der Waals surface area (Å²) in [5.74, 6) is 2.31. The third-order valence-corrected chi connectivity index (χ3v) is 5.39. The van der Waals surface area contributed by atoms with Gasteiger partial charge in [0, 0.05) is 11.6 Å². The molecule has 4 aromatic rings. The molecule has 0 aliphatic heterocycles. The van der Waals surface area contributed by atoms with Crippen molar-refractivity contribution < 1.29 is 4.52 Å². The Morgan fingerprint density at radius 3 is 2.44 bits per heavy atom. The molecule has 0 unspecified atom stereocenters. The van der Waals surface area contributed by atoms with E-state index in [0.29, 0.717) is 5.75 Å². The van der Waals surface area contributed by atoms with Gasteiger partial charge in [-0.25, -0.2) is 0 Å². The van der Waals surface area contributed by atoms with E-state index in [0.717, 1.165) is 33.7 Å². The van der Waals surface area contributed by atoms with Crippen molar-refractivity contribution in [2.75, 3.05) is 0 Å². The lowest BCUT2D eigenvalue weighted by Gasteiger charge is -2.12. The second kappa shape index (κ2) is 7.40. The quantitative estimate of drug-likeness (QED) is 0.451. The van der Waals surface area contributed by atoms with Crippen LogP contribution in [0.4, 0.5) is 0 Å². The van der Waals surface area contributed by atoms with Crippen LogP contribution in [0.1, 0.15) is 22.6 Å². The molecule has 0 atom stereocenters. The van der Waals surface area contributed by atoms with E-state index in [2.05, 4.69) is 64.1 Å². The van der Waals surface area contributed by atoms with E-state index in [1.807, 2.05) is 31.2 Å². The van der Waals surface area contributed by atoms with Crippen LogP contribution < -0.4 is 0 Å². The van der Waals surface area contributed by atoms with Gasteiger partial charge in [-0.1, -0.05) is 53.3 Å². The Morgan fingerprint density at radius 1 is 0.926 bits per heavy atom. The molecule has 0 amide bonds. The van der Waals surface area contributed by atoms with E-state index in [-0.39, 0.29) is 0 Å². The second-order valence-electron chi connectivity index (χ2n) is 6.50. The molecule has 0 N–H and O–H groups in total. The number of aromatic nitrogens is 4. The molecule has 6 heteroatoms. The van der Waals surface area contributed by atoms with E-state index in [1.54, 1.807) is 11.8 Å². The minimum Gasteiger partial charge on any atom is -0.360 e. The van der Waals surface area contributed by atoms with Gasteiger partial charge in [0.2, 0.25) is 0 Å². The normalized spacial score (nSPS) is 11.1. The van der Waals surface area contributed by atoms with E-state index < -0.39 is 0 Å². The summed E-state index contributed by atoms with van der Waals surface area (Å²) >= 11 is 1.59. The molecule has 4 rings (SSSR count). The highest BCUT2D eigenvalue weighted by Crippen LogP contribution is 2.30. The van der Waals surface area contributed by atoms with Gasteiger partial charge in [-0.15, -0.1) is 10.2 Å². The number of nitrogens with zero attached hydrogens (tertiary/aromatic N) is 4. The van der Waals surface area contributed by atoms with Crippen LogP contribution in [-0.4, -0.2) is 19.9 Å². The van der Waals surface area contributed by atoms with Crippen LogP contribution in [0, 0.1) is 20.8 Å². The average molecular weight is 376 g/mol. The zero-order valence-electron chi connectivity index (χ0n) is 15.5. The molecular formula is C21H20N4OS. The summed E-state index contributed by atoms with van der Waals surface area (Å²) in [7, 11) is 0. The molecule has 0 saturated carbocycles. The maximum Gasteiger partial charge on any atom is 0.196 e. The minimum absolute atomic E-state index is 0.651. The van der Waals surface area contributed by atoms with Crippen LogP contribution >= 0.6 is 11.8 Å². The lowest BCUT2D eigenvalue weighted by molar-refractivity contribution is 0.391. The fourth-order valence-electron chi connectivity index (χ4n) is 2.86. The van der Waals surface area contributed by atoms with Crippen molar-refractivity contribution >= 4 is 11.8 Å². The highest BCUT2D eigenvalue weighted by molar-refractivity contribution is 7.98. The number of hydrogen-bond donors (Lipinski definition) is 0. The summed E-state index contributed by atoms with van der Waals surface area (Å²) in [6, 6.07) is 18.5. The Labute approximate surface area is 162 Å². The van der Waals surface area contributed by atoms with Crippen LogP contribution in [0.3, 0.4) is 0 Å². The van der Waals surface area contributed by atoms with Crippen molar-refractivity contribution in [2.24, 2.45) is 0 Å². The molecule has 27 heavy (non-hydrogen) atoms. The Hall–Kier alpha value is -2.86. The molecule has 0 radical (unpaired) electrons. The third kappa shape index (κ3) is 3.66. The molecule has 0 saturated heterocycles. The van der Waals surface area contributed by atoms with E-state index in [1.165, 1.54) is 11.1 Å². The molecule has 2 heterocycles. The topological polar surface area (TPSA) is 56.7 Å². The molecule has 2 aromatic carbocycles. The fraction of sp³-hybridized carbons (Fsp3) is 0.190. The highest BCUT2D eigenvalue weighted by Gasteiger charge is 2.17. The van der Waals surface area contributed by atoms with Gasteiger partial charge in [0.25, 0.3) is 0 Å². The first-order valence-corrected chi connectivity index (χ1v) is 9.74. The zero-order valence-corrected chi connectivity index (χ0v) is 16.3. The monoisotopic (exact) mass is 376 g/mol. The van der Waals surface area contributed by atoms with E-state index in [4.69, 9.17) is 4.52 Å². The second-order valence-corrected chi connectivity index (χ2v) is 7.44. The minimum atomic E-state index is 0.651. The Bertz CT molecular complexity index is 1070. The van der Waals surface area contributed by atoms with Crippen LogP contribution in [0.25, 0.3) is 17.1 Å². The van der Waals surface area contributed by atoms with Crippen LogP contribution in [-0.2, 0) is 5.75 Å². The molecule has 0 aliphatic rings. The first-order valence-electron chi connectivity index (χ1n) is 8.75. The number of rotatable bonds is 5. The Kier molecular flexibility index (Phi) is 4.81. The summed E-state index contributed by atoms with van der Waals surface area (Å²) in [6.07, 6.45) is 0. The molecule has 0 spiro atoms. The van der Waals surface area contributed by atoms with Crippen LogP contribution in [0.5, 0.6) is 0 Å². The molecule has 0 aliphatic carbocycles. The Morgan fingerprint density at radius 2 is 1.74 bits per heavy atom. The largest absolute Gasteiger partial charge is 0.360 e. The van der Waals surface area contributed by atoms with Crippen molar-refractivity contribution in [3.63, 3.8) is 0 Å². The maximum absolute atomic E-state index is 5.33. The van der Waals surface area contributed by atoms with Crippen molar-refractivity contribution in [1.29, 1.82) is 0 Å². The lowest BCUT2D eigenvalue weighted by atomic mass is 10.1. The van der Waals surface area contributed by atoms with Gasteiger partial charge in [0.15, 0.2) is 11.0 Å². The SMILES string of the molecule is Cc1cc(CSc2nnc(-c3ccccc3)n2-c2ccc(C)c(C)c2)on1. The first kappa shape index (κ1) is 17.5. The molecule has 0 fully saturated rings. The first-order chi connectivity index (χ1) is 13.1. The molecule has 2 aromatic heterocycles. The van der Waals surface area contributed by atoms with E-state index >= 15 is 0 Å². The van der Waals surface area contributed by atoms with Crippen molar-refractivity contribution in [3.8, 4) is 17.1 Å². The van der Waals surface area contributed by atoms with Crippen molar-refractivity contribution in [2.45, 2.75) is 31.7 Å². The molecular weight excluding hydrogens is 356 g/mol. The summed E-state index contributed by atoms with van der Waals surface area (Å²) in [4.78, 5) is 0. The van der Waals surface area contributed by atoms with Gasteiger partial charge in [-0.2, -0.15) is 0 Å². The van der Waals surface area contributed by atoms with Gasteiger partial charge in [0.1, 0.15) is 5.76 Å². The predicted molar refractivity (Wildman–Crippen MR) is 107 cm³/mol. The number of hydrogen-bond acceptors (Lipinski definition) is 5. The van der Waals surface area contributed by atoms with Crippen molar-refractivity contribution in [3.05, 3.63) is 77.2 Å². The van der Waals surface area contributed by atoms with Gasteiger partial charge in [-0.3, -0.25) is 4.57 Å². The fourth-order valence-corrected chi connectivity index (χ4v) is 3.68. The van der Waals surface area contributed by atoms with Gasteiger partial charge in [0.05, 0.1) is 17.1 Å². The average Bonchev–Trinajstić information content (AvgIpc) is 3.29. The lowest BCUT2D eigenvalue weighted by Crippen LogP contribution is -2.00. The smallest absolute Gasteiger partial charge is 0.196 e. The number of thioether (sulfide) groups is 1. The molecule has 5 nitrogen and oxygen atoms in total. The van der Waals surface area contributed by atoms with Gasteiger partial charge in [-0.05, 0) is 44.0 Å². The highest BCUT2D eigenvalue weighted by atomic mass is 32.2. The van der Waals surface area contributed by atoms with Gasteiger partial charge >= 0.3 is 0 Å². The summed E-state index contributed by atoms with van der Waals surface area (Å²) < 4.78 is 7.44.